The maximum Gasteiger partial charge on any atom is 0.261 e. The third-order valence-electron chi connectivity index (χ3n) is 6.24. The van der Waals surface area contributed by atoms with E-state index in [1.807, 2.05) is 31.2 Å². The molecule has 186 valence electrons. The Morgan fingerprint density at radius 2 is 1.74 bits per heavy atom. The Kier molecular flexibility index (Phi) is 7.02. The molecular weight excluding hydrogens is 480 g/mol. The number of likely N-dealkylation sites (N-methyl/N-ethyl adjacent to an activating group) is 1. The number of sulfonamides is 1. The van der Waals surface area contributed by atoms with Crippen molar-refractivity contribution in [2.45, 2.75) is 50.5 Å². The number of fused-ring (bicyclic) bond motifs is 1. The van der Waals surface area contributed by atoms with Crippen LogP contribution in [-0.4, -0.2) is 43.7 Å². The molecule has 1 saturated heterocycles. The normalized spacial score (nSPS) is 18.6. The lowest BCUT2D eigenvalue weighted by atomic mass is 9.87. The Hall–Kier alpha value is -2.78. The Morgan fingerprint density at radius 3 is 2.34 bits per heavy atom. The summed E-state index contributed by atoms with van der Waals surface area (Å²) in [6, 6.07) is 14.0. The van der Waals surface area contributed by atoms with Gasteiger partial charge in [-0.2, -0.15) is 0 Å². The molecule has 0 bridgehead atoms. The zero-order chi connectivity index (χ0) is 25.4. The Bertz CT molecular complexity index is 1280. The van der Waals surface area contributed by atoms with Crippen LogP contribution in [0.25, 0.3) is 0 Å². The van der Waals surface area contributed by atoms with Gasteiger partial charge in [-0.1, -0.05) is 56.8 Å². The summed E-state index contributed by atoms with van der Waals surface area (Å²) in [5.74, 6) is 0.844. The van der Waals surface area contributed by atoms with Crippen LogP contribution in [0.15, 0.2) is 69.7 Å². The van der Waals surface area contributed by atoms with Crippen molar-refractivity contribution in [3.05, 3.63) is 70.9 Å². The molecule has 2 aromatic rings. The number of benzene rings is 2. The van der Waals surface area contributed by atoms with Gasteiger partial charge in [0.05, 0.1) is 22.2 Å². The van der Waals surface area contributed by atoms with Gasteiger partial charge in [-0.05, 0) is 54.2 Å². The van der Waals surface area contributed by atoms with Crippen LogP contribution in [-0.2, 0) is 20.2 Å². The highest BCUT2D eigenvalue weighted by Crippen LogP contribution is 2.39. The molecule has 9 heteroatoms. The van der Waals surface area contributed by atoms with Gasteiger partial charge in [0.1, 0.15) is 0 Å². The van der Waals surface area contributed by atoms with Gasteiger partial charge in [-0.3, -0.25) is 9.52 Å². The number of anilines is 1. The summed E-state index contributed by atoms with van der Waals surface area (Å²) >= 11 is 1.70. The largest absolute Gasteiger partial charge is 0.355 e. The standard InChI is InChI=1S/C26H32N4O3S2/c1-17-22(24(31)27-5)23(30-15-6-16-34-25(30)28-17)18-7-11-20(12-8-18)29-35(32,33)21-13-9-19(10-14-21)26(2,3)4/h7-14,23,29H,6,15-16H2,1-5H3,(H,27,31). The molecule has 0 spiro atoms. The van der Waals surface area contributed by atoms with E-state index < -0.39 is 10.0 Å². The predicted molar refractivity (Wildman–Crippen MR) is 143 cm³/mol. The maximum atomic E-state index is 13.0. The van der Waals surface area contributed by atoms with E-state index in [0.29, 0.717) is 17.0 Å². The lowest BCUT2D eigenvalue weighted by Crippen LogP contribution is -2.43. The number of aliphatic imine (C=N–C) groups is 1. The van der Waals surface area contributed by atoms with Crippen molar-refractivity contribution in [1.29, 1.82) is 0 Å². The van der Waals surface area contributed by atoms with E-state index in [1.54, 1.807) is 43.1 Å². The molecule has 2 N–H and O–H groups in total. The van der Waals surface area contributed by atoms with E-state index >= 15 is 0 Å². The summed E-state index contributed by atoms with van der Waals surface area (Å²) in [5.41, 5.74) is 3.72. The van der Waals surface area contributed by atoms with Gasteiger partial charge in [0, 0.05) is 25.0 Å². The predicted octanol–water partition coefficient (Wildman–Crippen LogP) is 4.65. The fourth-order valence-corrected chi connectivity index (χ4v) is 6.40. The monoisotopic (exact) mass is 512 g/mol. The van der Waals surface area contributed by atoms with Gasteiger partial charge < -0.3 is 10.2 Å². The molecule has 0 aliphatic carbocycles. The molecule has 0 radical (unpaired) electrons. The van der Waals surface area contributed by atoms with E-state index in [0.717, 1.165) is 35.0 Å². The van der Waals surface area contributed by atoms with Gasteiger partial charge in [0.2, 0.25) is 0 Å². The summed E-state index contributed by atoms with van der Waals surface area (Å²) in [5, 5.41) is 3.67. The number of rotatable bonds is 5. The van der Waals surface area contributed by atoms with Crippen LogP contribution >= 0.6 is 11.8 Å². The second-order valence-electron chi connectivity index (χ2n) is 9.77. The second-order valence-corrected chi connectivity index (χ2v) is 12.5. The number of carbonyl (C=O) groups excluding carboxylic acids is 1. The highest BCUT2D eigenvalue weighted by Gasteiger charge is 2.36. The number of nitrogens with one attached hydrogen (secondary N) is 2. The van der Waals surface area contributed by atoms with E-state index in [1.165, 1.54) is 0 Å². The van der Waals surface area contributed by atoms with Crippen LogP contribution < -0.4 is 10.0 Å². The minimum Gasteiger partial charge on any atom is -0.355 e. The molecule has 2 aliphatic rings. The number of amides is 1. The van der Waals surface area contributed by atoms with Crippen LogP contribution in [0.4, 0.5) is 5.69 Å². The average Bonchev–Trinajstić information content (AvgIpc) is 2.82. The van der Waals surface area contributed by atoms with Gasteiger partial charge in [0.15, 0.2) is 5.17 Å². The van der Waals surface area contributed by atoms with Crippen LogP contribution in [0.2, 0.25) is 0 Å². The van der Waals surface area contributed by atoms with Crippen LogP contribution in [0.1, 0.15) is 51.3 Å². The summed E-state index contributed by atoms with van der Waals surface area (Å²) in [7, 11) is -2.10. The van der Waals surface area contributed by atoms with Crippen molar-refractivity contribution in [3.63, 3.8) is 0 Å². The molecule has 0 saturated carbocycles. The summed E-state index contributed by atoms with van der Waals surface area (Å²) < 4.78 is 28.6. The SMILES string of the molecule is CNC(=O)C1=C(C)N=C2SCCCN2C1c1ccc(NS(=O)(=O)c2ccc(C(C)(C)C)cc2)cc1. The van der Waals surface area contributed by atoms with E-state index in [2.05, 4.69) is 40.7 Å². The molecule has 1 unspecified atom stereocenters. The molecule has 2 aromatic carbocycles. The van der Waals surface area contributed by atoms with E-state index in [-0.39, 0.29) is 22.3 Å². The lowest BCUT2D eigenvalue weighted by molar-refractivity contribution is -0.117. The van der Waals surface area contributed by atoms with Gasteiger partial charge in [-0.15, -0.1) is 0 Å². The van der Waals surface area contributed by atoms with Crippen molar-refractivity contribution >= 4 is 38.5 Å². The highest BCUT2D eigenvalue weighted by atomic mass is 32.2. The first-order chi connectivity index (χ1) is 16.5. The number of allylic oxidation sites excluding steroid dienone is 1. The molecule has 35 heavy (non-hydrogen) atoms. The molecule has 0 aromatic heterocycles. The first-order valence-electron chi connectivity index (χ1n) is 11.7. The van der Waals surface area contributed by atoms with E-state index in [4.69, 9.17) is 0 Å². The maximum absolute atomic E-state index is 13.0. The Labute approximate surface area is 212 Å². The third kappa shape index (κ3) is 5.26. The van der Waals surface area contributed by atoms with Gasteiger partial charge in [-0.25, -0.2) is 13.4 Å². The Morgan fingerprint density at radius 1 is 1.09 bits per heavy atom. The summed E-state index contributed by atoms with van der Waals surface area (Å²) in [6.07, 6.45) is 1.01. The van der Waals surface area contributed by atoms with Crippen LogP contribution in [0, 0.1) is 0 Å². The number of hydrogen-bond acceptors (Lipinski definition) is 6. The van der Waals surface area contributed by atoms with Crippen LogP contribution in [0.3, 0.4) is 0 Å². The quantitative estimate of drug-likeness (QED) is 0.608. The minimum atomic E-state index is -3.73. The Balaban J connectivity index is 1.60. The lowest BCUT2D eigenvalue weighted by Gasteiger charge is -2.40. The molecular formula is C26H32N4O3S2. The van der Waals surface area contributed by atoms with Crippen molar-refractivity contribution in [2.75, 3.05) is 24.1 Å². The van der Waals surface area contributed by atoms with E-state index in [9.17, 15) is 13.2 Å². The molecule has 1 atom stereocenters. The fraction of sp³-hybridized carbons (Fsp3) is 0.385. The molecule has 7 nitrogen and oxygen atoms in total. The van der Waals surface area contributed by atoms with Crippen LogP contribution in [0.5, 0.6) is 0 Å². The zero-order valence-electron chi connectivity index (χ0n) is 20.8. The zero-order valence-corrected chi connectivity index (χ0v) is 22.4. The minimum absolute atomic E-state index is 0.0531. The fourth-order valence-electron chi connectivity index (χ4n) is 4.32. The topological polar surface area (TPSA) is 90.9 Å². The molecule has 1 fully saturated rings. The highest BCUT2D eigenvalue weighted by molar-refractivity contribution is 8.13. The number of hydrogen-bond donors (Lipinski definition) is 2. The summed E-state index contributed by atoms with van der Waals surface area (Å²) in [6.45, 7) is 8.94. The first kappa shape index (κ1) is 25.3. The van der Waals surface area contributed by atoms with Gasteiger partial charge >= 0.3 is 0 Å². The number of nitrogens with zero attached hydrogens (tertiary/aromatic N) is 2. The molecule has 1 amide bonds. The number of thioether (sulfide) groups is 1. The van der Waals surface area contributed by atoms with Crippen molar-refractivity contribution in [3.8, 4) is 0 Å². The van der Waals surface area contributed by atoms with Crippen molar-refractivity contribution < 1.29 is 13.2 Å². The average molecular weight is 513 g/mol. The smallest absolute Gasteiger partial charge is 0.261 e. The van der Waals surface area contributed by atoms with Crippen molar-refractivity contribution in [1.82, 2.24) is 10.2 Å². The molecule has 2 aliphatic heterocycles. The molecule has 2 heterocycles. The van der Waals surface area contributed by atoms with Crippen molar-refractivity contribution in [2.24, 2.45) is 4.99 Å². The second kappa shape index (κ2) is 9.70. The summed E-state index contributed by atoms with van der Waals surface area (Å²) in [4.78, 5) is 19.8. The first-order valence-corrected chi connectivity index (χ1v) is 14.1. The third-order valence-corrected chi connectivity index (χ3v) is 8.71. The van der Waals surface area contributed by atoms with Gasteiger partial charge in [0.25, 0.3) is 15.9 Å². The number of amidine groups is 1. The molecule has 4 rings (SSSR count). The number of carbonyl (C=O) groups is 1.